The Bertz CT molecular complexity index is 508. The molecule has 0 aliphatic heterocycles. The van der Waals surface area contributed by atoms with E-state index in [0.29, 0.717) is 0 Å². The fourth-order valence-corrected chi connectivity index (χ4v) is 2.53. The van der Waals surface area contributed by atoms with Gasteiger partial charge in [-0.1, -0.05) is 59.5 Å². The highest BCUT2D eigenvalue weighted by Gasteiger charge is 2.02. The molecule has 0 amide bonds. The molecule has 0 aliphatic rings. The van der Waals surface area contributed by atoms with Gasteiger partial charge in [-0.3, -0.25) is 0 Å². The maximum Gasteiger partial charge on any atom is 0.0827 e. The molecular formula is C15H20BrN3. The van der Waals surface area contributed by atoms with Crippen LogP contribution >= 0.6 is 15.9 Å². The number of benzene rings is 1. The molecule has 2 rings (SSSR count). The zero-order valence-corrected chi connectivity index (χ0v) is 12.9. The Morgan fingerprint density at radius 3 is 2.89 bits per heavy atom. The Morgan fingerprint density at radius 2 is 2.11 bits per heavy atom. The van der Waals surface area contributed by atoms with E-state index >= 15 is 0 Å². The summed E-state index contributed by atoms with van der Waals surface area (Å²) in [6, 6.07) is 8.29. The molecule has 1 heterocycles. The molecule has 0 radical (unpaired) electrons. The number of unbranched alkanes of at least 4 members (excludes halogenated alkanes) is 3. The van der Waals surface area contributed by atoms with Gasteiger partial charge in [0.2, 0.25) is 0 Å². The van der Waals surface area contributed by atoms with Crippen LogP contribution < -0.4 is 0 Å². The van der Waals surface area contributed by atoms with Crippen LogP contribution in [0.15, 0.2) is 34.9 Å². The molecule has 0 aliphatic carbocycles. The molecule has 0 atom stereocenters. The normalized spacial score (nSPS) is 10.8. The molecule has 0 fully saturated rings. The van der Waals surface area contributed by atoms with Crippen molar-refractivity contribution >= 4 is 15.9 Å². The number of hydrogen-bond donors (Lipinski definition) is 0. The van der Waals surface area contributed by atoms with Crippen molar-refractivity contribution in [1.82, 2.24) is 15.0 Å². The lowest BCUT2D eigenvalue weighted by atomic mass is 10.1. The van der Waals surface area contributed by atoms with Crippen LogP contribution in [0.4, 0.5) is 0 Å². The minimum absolute atomic E-state index is 0.779. The lowest BCUT2D eigenvalue weighted by Gasteiger charge is -2.01. The molecule has 0 saturated heterocycles. The molecule has 0 N–H and O–H groups in total. The summed E-state index contributed by atoms with van der Waals surface area (Å²) in [6.07, 6.45) is 8.19. The van der Waals surface area contributed by atoms with Crippen molar-refractivity contribution in [2.24, 2.45) is 0 Å². The number of rotatable bonds is 7. The fraction of sp³-hybridized carbons (Fsp3) is 0.467. The van der Waals surface area contributed by atoms with Gasteiger partial charge in [0.05, 0.1) is 12.2 Å². The number of nitrogens with zero attached hydrogens (tertiary/aromatic N) is 3. The van der Waals surface area contributed by atoms with E-state index in [1.807, 2.05) is 16.8 Å². The van der Waals surface area contributed by atoms with Gasteiger partial charge in [0.1, 0.15) is 0 Å². The molecule has 1 aromatic heterocycles. The SMILES string of the molecule is CCCCCCc1cn(Cc2cccc(Br)c2)nn1. The summed E-state index contributed by atoms with van der Waals surface area (Å²) >= 11 is 3.48. The Hall–Kier alpha value is -1.16. The van der Waals surface area contributed by atoms with Crippen LogP contribution in [0.5, 0.6) is 0 Å². The smallest absolute Gasteiger partial charge is 0.0827 e. The van der Waals surface area contributed by atoms with Gasteiger partial charge in [-0.05, 0) is 30.5 Å². The van der Waals surface area contributed by atoms with E-state index in [1.165, 1.54) is 31.2 Å². The van der Waals surface area contributed by atoms with Gasteiger partial charge in [-0.2, -0.15) is 0 Å². The lowest BCUT2D eigenvalue weighted by Crippen LogP contribution is -2.00. The summed E-state index contributed by atoms with van der Waals surface area (Å²) in [7, 11) is 0. The van der Waals surface area contributed by atoms with Gasteiger partial charge in [0.15, 0.2) is 0 Å². The van der Waals surface area contributed by atoms with E-state index in [0.717, 1.165) is 23.1 Å². The highest BCUT2D eigenvalue weighted by atomic mass is 79.9. The van der Waals surface area contributed by atoms with E-state index in [1.54, 1.807) is 0 Å². The van der Waals surface area contributed by atoms with Crippen molar-refractivity contribution in [2.75, 3.05) is 0 Å². The maximum atomic E-state index is 4.23. The minimum atomic E-state index is 0.779. The zero-order chi connectivity index (χ0) is 13.5. The summed E-state index contributed by atoms with van der Waals surface area (Å²) in [6.45, 7) is 3.01. The van der Waals surface area contributed by atoms with E-state index < -0.39 is 0 Å². The van der Waals surface area contributed by atoms with Crippen LogP contribution in [0.2, 0.25) is 0 Å². The second-order valence-corrected chi connectivity index (χ2v) is 5.76. The van der Waals surface area contributed by atoms with Crippen molar-refractivity contribution in [3.63, 3.8) is 0 Å². The Kier molecular flexibility index (Phi) is 5.58. The number of halogens is 1. The Labute approximate surface area is 123 Å². The Morgan fingerprint density at radius 1 is 1.21 bits per heavy atom. The van der Waals surface area contributed by atoms with Gasteiger partial charge < -0.3 is 0 Å². The molecule has 0 saturated carbocycles. The van der Waals surface area contributed by atoms with Gasteiger partial charge in [0, 0.05) is 10.7 Å². The largest absolute Gasteiger partial charge is 0.248 e. The number of aromatic nitrogens is 3. The first-order chi connectivity index (χ1) is 9.28. The van der Waals surface area contributed by atoms with Crippen LogP contribution in [0.1, 0.15) is 43.9 Å². The topological polar surface area (TPSA) is 30.7 Å². The van der Waals surface area contributed by atoms with Crippen LogP contribution in [-0.4, -0.2) is 15.0 Å². The molecule has 0 bridgehead atoms. The van der Waals surface area contributed by atoms with E-state index in [9.17, 15) is 0 Å². The summed E-state index contributed by atoms with van der Waals surface area (Å²) in [5.41, 5.74) is 2.34. The molecule has 19 heavy (non-hydrogen) atoms. The first-order valence-electron chi connectivity index (χ1n) is 6.91. The summed E-state index contributed by atoms with van der Waals surface area (Å²) in [5.74, 6) is 0. The molecule has 2 aromatic rings. The third-order valence-electron chi connectivity index (χ3n) is 3.11. The first-order valence-corrected chi connectivity index (χ1v) is 7.70. The minimum Gasteiger partial charge on any atom is -0.248 e. The number of aryl methyl sites for hydroxylation is 1. The van der Waals surface area contributed by atoms with Gasteiger partial charge in [-0.15, -0.1) is 5.10 Å². The van der Waals surface area contributed by atoms with Crippen LogP contribution in [0, 0.1) is 0 Å². The first kappa shape index (κ1) is 14.3. The average Bonchev–Trinajstić information content (AvgIpc) is 2.82. The quantitative estimate of drug-likeness (QED) is 0.715. The maximum absolute atomic E-state index is 4.23. The van der Waals surface area contributed by atoms with Crippen molar-refractivity contribution in [1.29, 1.82) is 0 Å². The van der Waals surface area contributed by atoms with Gasteiger partial charge in [0.25, 0.3) is 0 Å². The van der Waals surface area contributed by atoms with Crippen molar-refractivity contribution in [3.8, 4) is 0 Å². The number of hydrogen-bond acceptors (Lipinski definition) is 2. The second-order valence-electron chi connectivity index (χ2n) is 4.85. The average molecular weight is 322 g/mol. The summed E-state index contributed by atoms with van der Waals surface area (Å²) < 4.78 is 3.02. The third kappa shape index (κ3) is 4.78. The summed E-state index contributed by atoms with van der Waals surface area (Å²) in [4.78, 5) is 0. The van der Waals surface area contributed by atoms with E-state index in [-0.39, 0.29) is 0 Å². The second kappa shape index (κ2) is 7.43. The monoisotopic (exact) mass is 321 g/mol. The molecule has 102 valence electrons. The highest BCUT2D eigenvalue weighted by Crippen LogP contribution is 2.13. The lowest BCUT2D eigenvalue weighted by molar-refractivity contribution is 0.646. The predicted octanol–water partition coefficient (Wildman–Crippen LogP) is 4.21. The molecule has 0 spiro atoms. The molecule has 3 nitrogen and oxygen atoms in total. The molecule has 1 aromatic carbocycles. The zero-order valence-electron chi connectivity index (χ0n) is 11.3. The fourth-order valence-electron chi connectivity index (χ4n) is 2.09. The molecule has 0 unspecified atom stereocenters. The van der Waals surface area contributed by atoms with Gasteiger partial charge in [-0.25, -0.2) is 4.68 Å². The Balaban J connectivity index is 1.87. The highest BCUT2D eigenvalue weighted by molar-refractivity contribution is 9.10. The van der Waals surface area contributed by atoms with E-state index in [4.69, 9.17) is 0 Å². The molecule has 4 heteroatoms. The van der Waals surface area contributed by atoms with E-state index in [2.05, 4.69) is 51.5 Å². The molecular weight excluding hydrogens is 302 g/mol. The van der Waals surface area contributed by atoms with Crippen LogP contribution in [-0.2, 0) is 13.0 Å². The summed E-state index contributed by atoms with van der Waals surface area (Å²) in [5, 5.41) is 8.43. The van der Waals surface area contributed by atoms with Crippen LogP contribution in [0.25, 0.3) is 0 Å². The van der Waals surface area contributed by atoms with Gasteiger partial charge >= 0.3 is 0 Å². The van der Waals surface area contributed by atoms with Crippen molar-refractivity contribution in [3.05, 3.63) is 46.2 Å². The predicted molar refractivity (Wildman–Crippen MR) is 81.1 cm³/mol. The third-order valence-corrected chi connectivity index (χ3v) is 3.60. The van der Waals surface area contributed by atoms with Crippen molar-refractivity contribution in [2.45, 2.75) is 45.6 Å². The van der Waals surface area contributed by atoms with Crippen molar-refractivity contribution < 1.29 is 0 Å². The standard InChI is InChI=1S/C15H20BrN3/c1-2-3-4-5-9-15-12-19(18-17-15)11-13-7-6-8-14(16)10-13/h6-8,10,12H,2-5,9,11H2,1H3. The van der Waals surface area contributed by atoms with Crippen LogP contribution in [0.3, 0.4) is 0 Å².